The largest absolute Gasteiger partial charge is 0.339 e. The van der Waals surface area contributed by atoms with Crippen LogP contribution >= 0.6 is 0 Å². The zero-order valence-corrected chi connectivity index (χ0v) is 9.24. The van der Waals surface area contributed by atoms with Crippen molar-refractivity contribution in [1.29, 1.82) is 0 Å². The van der Waals surface area contributed by atoms with Gasteiger partial charge in [-0.1, -0.05) is 5.92 Å². The van der Waals surface area contributed by atoms with Crippen LogP contribution in [0.15, 0.2) is 12.1 Å². The highest BCUT2D eigenvalue weighted by atomic mass is 19.1. The zero-order chi connectivity index (χ0) is 13.9. The van der Waals surface area contributed by atoms with Crippen LogP contribution in [0.1, 0.15) is 17.3 Å². The average Bonchev–Trinajstić information content (AvgIpc) is 2.28. The van der Waals surface area contributed by atoms with Crippen LogP contribution in [-0.4, -0.2) is 16.9 Å². The fourth-order valence-corrected chi connectivity index (χ4v) is 1.20. The van der Waals surface area contributed by atoms with E-state index in [2.05, 4.69) is 11.2 Å². The van der Waals surface area contributed by atoms with Crippen LogP contribution in [0, 0.1) is 34.1 Å². The molecule has 0 spiro atoms. The SMILES string of the molecule is C#CC(C)NC(=O)c1c(F)ccc([N+](=O)[O-])c1F. The Kier molecular flexibility index (Phi) is 3.94. The number of halogens is 2. The summed E-state index contributed by atoms with van der Waals surface area (Å²) in [6.07, 6.45) is 4.99. The number of hydrogen-bond donors (Lipinski definition) is 1. The number of hydrogen-bond acceptors (Lipinski definition) is 3. The number of terminal acetylenes is 1. The first kappa shape index (κ1) is 13.6. The van der Waals surface area contributed by atoms with Crippen LogP contribution in [0.25, 0.3) is 0 Å². The molecule has 0 saturated carbocycles. The van der Waals surface area contributed by atoms with Crippen molar-refractivity contribution >= 4 is 11.6 Å². The molecule has 18 heavy (non-hydrogen) atoms. The summed E-state index contributed by atoms with van der Waals surface area (Å²) >= 11 is 0. The second-order valence-corrected chi connectivity index (χ2v) is 3.37. The third-order valence-electron chi connectivity index (χ3n) is 2.09. The lowest BCUT2D eigenvalue weighted by molar-refractivity contribution is -0.387. The van der Waals surface area contributed by atoms with Gasteiger partial charge in [0.1, 0.15) is 11.4 Å². The van der Waals surface area contributed by atoms with E-state index < -0.39 is 39.8 Å². The van der Waals surface area contributed by atoms with Crippen LogP contribution in [0.2, 0.25) is 0 Å². The summed E-state index contributed by atoms with van der Waals surface area (Å²) in [6, 6.07) is 0.540. The van der Waals surface area contributed by atoms with Gasteiger partial charge in [-0.3, -0.25) is 14.9 Å². The lowest BCUT2D eigenvalue weighted by Crippen LogP contribution is -2.32. The van der Waals surface area contributed by atoms with Gasteiger partial charge in [-0.15, -0.1) is 6.42 Å². The molecule has 0 radical (unpaired) electrons. The second-order valence-electron chi connectivity index (χ2n) is 3.37. The minimum atomic E-state index is -1.53. The summed E-state index contributed by atoms with van der Waals surface area (Å²) in [5.74, 6) is -1.73. The van der Waals surface area contributed by atoms with Crippen molar-refractivity contribution in [2.75, 3.05) is 0 Å². The quantitative estimate of drug-likeness (QED) is 0.506. The molecule has 1 unspecified atom stereocenters. The Hall–Kier alpha value is -2.49. The molecule has 0 aromatic heterocycles. The Morgan fingerprint density at radius 1 is 1.56 bits per heavy atom. The maximum atomic E-state index is 13.6. The van der Waals surface area contributed by atoms with Crippen LogP contribution in [0.4, 0.5) is 14.5 Å². The summed E-state index contributed by atoms with van der Waals surface area (Å²) in [4.78, 5) is 20.9. The summed E-state index contributed by atoms with van der Waals surface area (Å²) in [5.41, 5.74) is -2.00. The van der Waals surface area contributed by atoms with Gasteiger partial charge in [0.05, 0.1) is 11.0 Å². The predicted octanol–water partition coefficient (Wildman–Crippen LogP) is 1.62. The third-order valence-corrected chi connectivity index (χ3v) is 2.09. The molecule has 0 saturated heterocycles. The highest BCUT2D eigenvalue weighted by Gasteiger charge is 2.26. The number of rotatable bonds is 3. The number of amides is 1. The standard InChI is InChI=1S/C11H8F2N2O3/c1-3-6(2)14-11(16)9-7(12)4-5-8(10(9)13)15(17)18/h1,4-6H,2H3,(H,14,16). The number of nitrogens with one attached hydrogen (secondary N) is 1. The maximum absolute atomic E-state index is 13.6. The van der Waals surface area contributed by atoms with Crippen LogP contribution in [-0.2, 0) is 0 Å². The van der Waals surface area contributed by atoms with Gasteiger partial charge in [-0.2, -0.15) is 4.39 Å². The Morgan fingerprint density at radius 3 is 2.67 bits per heavy atom. The molecule has 0 bridgehead atoms. The third kappa shape index (κ3) is 2.60. The molecule has 0 aliphatic heterocycles. The van der Waals surface area contributed by atoms with Gasteiger partial charge in [0, 0.05) is 6.07 Å². The van der Waals surface area contributed by atoms with Gasteiger partial charge in [0.15, 0.2) is 0 Å². The highest BCUT2D eigenvalue weighted by molar-refractivity contribution is 5.95. The topological polar surface area (TPSA) is 72.2 Å². The fraction of sp³-hybridized carbons (Fsp3) is 0.182. The van der Waals surface area contributed by atoms with Crippen LogP contribution < -0.4 is 5.32 Å². The minimum Gasteiger partial charge on any atom is -0.339 e. The number of carbonyl (C=O) groups is 1. The van der Waals surface area contributed by atoms with E-state index in [1.807, 2.05) is 0 Å². The van der Waals surface area contributed by atoms with E-state index in [1.165, 1.54) is 6.92 Å². The average molecular weight is 254 g/mol. The molecule has 1 atom stereocenters. The van der Waals surface area contributed by atoms with E-state index in [1.54, 1.807) is 0 Å². The molecule has 1 N–H and O–H groups in total. The molecule has 0 aliphatic carbocycles. The monoisotopic (exact) mass is 254 g/mol. The molecule has 0 heterocycles. The highest BCUT2D eigenvalue weighted by Crippen LogP contribution is 2.22. The molecule has 0 fully saturated rings. The molecule has 1 amide bonds. The van der Waals surface area contributed by atoms with Gasteiger partial charge in [-0.05, 0) is 13.0 Å². The van der Waals surface area contributed by atoms with Crippen molar-refractivity contribution in [2.45, 2.75) is 13.0 Å². The molecule has 1 aromatic carbocycles. The Morgan fingerprint density at radius 2 is 2.17 bits per heavy atom. The van der Waals surface area contributed by atoms with E-state index in [4.69, 9.17) is 6.42 Å². The van der Waals surface area contributed by atoms with E-state index >= 15 is 0 Å². The summed E-state index contributed by atoms with van der Waals surface area (Å²) in [5, 5.41) is 12.6. The van der Waals surface area contributed by atoms with Crippen molar-refractivity contribution in [3.63, 3.8) is 0 Å². The molecule has 1 aromatic rings. The minimum absolute atomic E-state index is 0.645. The van der Waals surface area contributed by atoms with E-state index in [9.17, 15) is 23.7 Å². The number of nitrogens with zero attached hydrogens (tertiary/aromatic N) is 1. The Bertz CT molecular complexity index is 552. The van der Waals surface area contributed by atoms with Crippen LogP contribution in [0.5, 0.6) is 0 Å². The van der Waals surface area contributed by atoms with Crippen molar-refractivity contribution in [1.82, 2.24) is 5.32 Å². The van der Waals surface area contributed by atoms with Gasteiger partial charge in [0.25, 0.3) is 5.91 Å². The van der Waals surface area contributed by atoms with Crippen molar-refractivity contribution in [3.8, 4) is 12.3 Å². The lowest BCUT2D eigenvalue weighted by Gasteiger charge is -2.09. The molecule has 94 valence electrons. The van der Waals surface area contributed by atoms with Gasteiger partial charge in [0.2, 0.25) is 5.82 Å². The van der Waals surface area contributed by atoms with Gasteiger partial charge >= 0.3 is 5.69 Å². The van der Waals surface area contributed by atoms with E-state index in [0.717, 1.165) is 0 Å². The number of nitro benzene ring substituents is 1. The molecule has 0 aliphatic rings. The number of nitro groups is 1. The number of carbonyl (C=O) groups excluding carboxylic acids is 1. The predicted molar refractivity (Wildman–Crippen MR) is 58.8 cm³/mol. The molecule has 1 rings (SSSR count). The number of benzene rings is 1. The molecular weight excluding hydrogens is 246 g/mol. The Labute approximate surface area is 101 Å². The first-order valence-corrected chi connectivity index (χ1v) is 4.77. The lowest BCUT2D eigenvalue weighted by atomic mass is 10.1. The normalized spacial score (nSPS) is 11.4. The van der Waals surface area contributed by atoms with Crippen LogP contribution in [0.3, 0.4) is 0 Å². The fourth-order valence-electron chi connectivity index (χ4n) is 1.20. The first-order chi connectivity index (χ1) is 8.38. The molecular formula is C11H8F2N2O3. The maximum Gasteiger partial charge on any atom is 0.305 e. The molecule has 7 heteroatoms. The molecule has 5 nitrogen and oxygen atoms in total. The Balaban J connectivity index is 3.24. The second kappa shape index (κ2) is 5.23. The summed E-state index contributed by atoms with van der Waals surface area (Å²) < 4.78 is 26.9. The van der Waals surface area contributed by atoms with E-state index in [0.29, 0.717) is 12.1 Å². The smallest absolute Gasteiger partial charge is 0.305 e. The van der Waals surface area contributed by atoms with Crippen molar-refractivity contribution in [3.05, 3.63) is 39.4 Å². The zero-order valence-electron chi connectivity index (χ0n) is 9.24. The van der Waals surface area contributed by atoms with Crippen molar-refractivity contribution < 1.29 is 18.5 Å². The first-order valence-electron chi connectivity index (χ1n) is 4.77. The summed E-state index contributed by atoms with van der Waals surface area (Å²) in [7, 11) is 0. The van der Waals surface area contributed by atoms with Gasteiger partial charge in [-0.25, -0.2) is 4.39 Å². The van der Waals surface area contributed by atoms with E-state index in [-0.39, 0.29) is 0 Å². The summed E-state index contributed by atoms with van der Waals surface area (Å²) in [6.45, 7) is 1.42. The van der Waals surface area contributed by atoms with Gasteiger partial charge < -0.3 is 5.32 Å². The van der Waals surface area contributed by atoms with Crippen molar-refractivity contribution in [2.24, 2.45) is 0 Å².